The molecule has 166 valence electrons. The molecule has 0 aliphatic rings. The minimum atomic E-state index is -0.822. The minimum absolute atomic E-state index is 0.0438. The van der Waals surface area contributed by atoms with Crippen molar-refractivity contribution in [2.24, 2.45) is 5.73 Å². The van der Waals surface area contributed by atoms with Gasteiger partial charge in [0.15, 0.2) is 5.69 Å². The van der Waals surface area contributed by atoms with Crippen molar-refractivity contribution in [3.8, 4) is 5.75 Å². The molecule has 10 heteroatoms. The van der Waals surface area contributed by atoms with Crippen LogP contribution < -0.4 is 26.4 Å². The van der Waals surface area contributed by atoms with E-state index in [1.165, 1.54) is 4.90 Å². The van der Waals surface area contributed by atoms with E-state index >= 15 is 0 Å². The number of aryl methyl sites for hydroxylation is 1. The molecule has 9 nitrogen and oxygen atoms in total. The topological polar surface area (TPSA) is 141 Å². The number of hydrogen-bond acceptors (Lipinski definition) is 7. The van der Waals surface area contributed by atoms with Gasteiger partial charge in [0.1, 0.15) is 17.2 Å². The zero-order valence-corrected chi connectivity index (χ0v) is 18.4. The van der Waals surface area contributed by atoms with Gasteiger partial charge in [-0.1, -0.05) is 29.8 Å². The second-order valence-corrected chi connectivity index (χ2v) is 7.76. The minimum Gasteiger partial charge on any atom is -0.497 e. The lowest BCUT2D eigenvalue weighted by atomic mass is 10.2. The Morgan fingerprint density at radius 3 is 2.31 bits per heavy atom. The van der Waals surface area contributed by atoms with Crippen molar-refractivity contribution in [1.29, 1.82) is 0 Å². The first-order valence-electron chi connectivity index (χ1n) is 9.63. The van der Waals surface area contributed by atoms with Crippen LogP contribution in [0.25, 0.3) is 0 Å². The first kappa shape index (κ1) is 22.8. The summed E-state index contributed by atoms with van der Waals surface area (Å²) in [6.45, 7) is 1.95. The summed E-state index contributed by atoms with van der Waals surface area (Å²) >= 11 is 0.769. The maximum absolute atomic E-state index is 13.2. The van der Waals surface area contributed by atoms with Crippen molar-refractivity contribution in [3.63, 3.8) is 0 Å². The predicted molar refractivity (Wildman–Crippen MR) is 123 cm³/mol. The number of nitrogens with two attached hydrogens (primary N) is 2. The van der Waals surface area contributed by atoms with E-state index in [1.807, 2.05) is 31.2 Å². The molecule has 1 heterocycles. The van der Waals surface area contributed by atoms with Crippen LogP contribution in [-0.4, -0.2) is 35.7 Å². The number of nitrogens with one attached hydrogen (secondary N) is 1. The molecule has 1 aromatic heterocycles. The maximum Gasteiger partial charge on any atom is 0.272 e. The molecule has 3 aromatic rings. The molecule has 0 bridgehead atoms. The molecule has 5 N–H and O–H groups in total. The van der Waals surface area contributed by atoms with Gasteiger partial charge in [-0.05, 0) is 48.3 Å². The van der Waals surface area contributed by atoms with Gasteiger partial charge in [-0.3, -0.25) is 19.3 Å². The first-order valence-corrected chi connectivity index (χ1v) is 10.4. The number of rotatable bonds is 8. The number of carbonyl (C=O) groups excluding carboxylic acids is 3. The van der Waals surface area contributed by atoms with Gasteiger partial charge in [-0.25, -0.2) is 0 Å². The monoisotopic (exact) mass is 453 g/mol. The van der Waals surface area contributed by atoms with Crippen molar-refractivity contribution in [2.75, 3.05) is 24.3 Å². The summed E-state index contributed by atoms with van der Waals surface area (Å²) in [4.78, 5) is 38.7. The number of amides is 3. The zero-order valence-electron chi connectivity index (χ0n) is 17.6. The molecule has 0 aliphatic heterocycles. The highest BCUT2D eigenvalue weighted by atomic mass is 32.1. The van der Waals surface area contributed by atoms with Crippen LogP contribution in [0.3, 0.4) is 0 Å². The van der Waals surface area contributed by atoms with E-state index in [4.69, 9.17) is 16.2 Å². The fraction of sp³-hybridized carbons (Fsp3) is 0.182. The Kier molecular flexibility index (Phi) is 7.06. The van der Waals surface area contributed by atoms with E-state index < -0.39 is 11.8 Å². The van der Waals surface area contributed by atoms with Crippen LogP contribution in [0, 0.1) is 6.92 Å². The molecule has 0 spiro atoms. The average molecular weight is 454 g/mol. The maximum atomic E-state index is 13.2. The van der Waals surface area contributed by atoms with E-state index in [-0.39, 0.29) is 35.3 Å². The standard InChI is InChI=1S/C22H23N5O4S/c1-13-3-7-15(8-4-13)27(22(30)20-18(23)19(21(24)29)26-32-20)12-17(28)25-11-14-5-9-16(31-2)10-6-14/h3-10H,11-12,23H2,1-2H3,(H2,24,29)(H,25,28). The molecule has 3 amide bonds. The molecular weight excluding hydrogens is 430 g/mol. The molecule has 0 saturated heterocycles. The number of aromatic nitrogens is 1. The fourth-order valence-corrected chi connectivity index (χ4v) is 3.65. The van der Waals surface area contributed by atoms with Crippen molar-refractivity contribution in [2.45, 2.75) is 13.5 Å². The highest BCUT2D eigenvalue weighted by Gasteiger charge is 2.27. The van der Waals surface area contributed by atoms with Gasteiger partial charge >= 0.3 is 0 Å². The lowest BCUT2D eigenvalue weighted by Crippen LogP contribution is -2.40. The second kappa shape index (κ2) is 9.92. The second-order valence-electron chi connectivity index (χ2n) is 6.99. The molecule has 32 heavy (non-hydrogen) atoms. The van der Waals surface area contributed by atoms with Crippen LogP contribution in [0.15, 0.2) is 48.5 Å². The van der Waals surface area contributed by atoms with E-state index in [0.29, 0.717) is 11.4 Å². The van der Waals surface area contributed by atoms with Crippen molar-refractivity contribution in [3.05, 3.63) is 70.2 Å². The molecule has 3 rings (SSSR count). The van der Waals surface area contributed by atoms with Crippen LogP contribution in [0.5, 0.6) is 5.75 Å². The van der Waals surface area contributed by atoms with Gasteiger partial charge in [0.05, 0.1) is 12.8 Å². The highest BCUT2D eigenvalue weighted by Crippen LogP contribution is 2.26. The van der Waals surface area contributed by atoms with Crippen molar-refractivity contribution in [1.82, 2.24) is 9.69 Å². The molecule has 0 fully saturated rings. The first-order chi connectivity index (χ1) is 15.3. The highest BCUT2D eigenvalue weighted by molar-refractivity contribution is 7.09. The van der Waals surface area contributed by atoms with E-state index in [0.717, 1.165) is 22.7 Å². The summed E-state index contributed by atoms with van der Waals surface area (Å²) < 4.78 is 9.00. The lowest BCUT2D eigenvalue weighted by molar-refractivity contribution is -0.119. The Labute approximate surface area is 189 Å². The quantitative estimate of drug-likeness (QED) is 0.477. The summed E-state index contributed by atoms with van der Waals surface area (Å²) in [6, 6.07) is 14.4. The number of benzene rings is 2. The molecule has 0 radical (unpaired) electrons. The van der Waals surface area contributed by atoms with E-state index in [2.05, 4.69) is 9.69 Å². The van der Waals surface area contributed by atoms with Crippen LogP contribution in [-0.2, 0) is 11.3 Å². The van der Waals surface area contributed by atoms with Gasteiger partial charge in [-0.15, -0.1) is 0 Å². The van der Waals surface area contributed by atoms with E-state index in [1.54, 1.807) is 31.4 Å². The number of nitrogens with zero attached hydrogens (tertiary/aromatic N) is 2. The van der Waals surface area contributed by atoms with Gasteiger partial charge in [-0.2, -0.15) is 4.37 Å². The number of primary amides is 1. The molecule has 0 atom stereocenters. The third kappa shape index (κ3) is 5.22. The van der Waals surface area contributed by atoms with Crippen LogP contribution in [0.2, 0.25) is 0 Å². The van der Waals surface area contributed by atoms with Gasteiger partial charge < -0.3 is 21.5 Å². The summed E-state index contributed by atoms with van der Waals surface area (Å²) in [5.41, 5.74) is 13.3. The average Bonchev–Trinajstić information content (AvgIpc) is 3.18. The number of carbonyl (C=O) groups is 3. The normalized spacial score (nSPS) is 10.4. The molecular formula is C22H23N5O4S. The number of anilines is 2. The van der Waals surface area contributed by atoms with Crippen LogP contribution >= 0.6 is 11.5 Å². The van der Waals surface area contributed by atoms with Crippen molar-refractivity contribution >= 4 is 40.6 Å². The Morgan fingerprint density at radius 2 is 1.75 bits per heavy atom. The lowest BCUT2D eigenvalue weighted by Gasteiger charge is -2.22. The third-order valence-corrected chi connectivity index (χ3v) is 5.55. The van der Waals surface area contributed by atoms with Gasteiger partial charge in [0.25, 0.3) is 11.8 Å². The molecule has 2 aromatic carbocycles. The molecule has 0 saturated carbocycles. The SMILES string of the molecule is COc1ccc(CNC(=O)CN(C(=O)c2snc(C(N)=O)c2N)c2ccc(C)cc2)cc1. The smallest absolute Gasteiger partial charge is 0.272 e. The summed E-state index contributed by atoms with van der Waals surface area (Å²) in [5, 5.41) is 2.80. The summed E-state index contributed by atoms with van der Waals surface area (Å²) in [7, 11) is 1.58. The Bertz CT molecular complexity index is 1130. The van der Waals surface area contributed by atoms with Crippen molar-refractivity contribution < 1.29 is 19.1 Å². The Morgan fingerprint density at radius 1 is 1.09 bits per heavy atom. The zero-order chi connectivity index (χ0) is 23.3. The summed E-state index contributed by atoms with van der Waals surface area (Å²) in [6.07, 6.45) is 0. The predicted octanol–water partition coefficient (Wildman–Crippen LogP) is 2.10. The Balaban J connectivity index is 1.79. The van der Waals surface area contributed by atoms with E-state index in [9.17, 15) is 14.4 Å². The third-order valence-electron chi connectivity index (χ3n) is 4.70. The molecule has 0 unspecified atom stereocenters. The summed E-state index contributed by atoms with van der Waals surface area (Å²) in [5.74, 6) is -1.02. The van der Waals surface area contributed by atoms with Crippen LogP contribution in [0.1, 0.15) is 31.3 Å². The number of hydrogen-bond donors (Lipinski definition) is 3. The largest absolute Gasteiger partial charge is 0.497 e. The molecule has 0 aliphatic carbocycles. The number of methoxy groups -OCH3 is 1. The Hall–Kier alpha value is -3.92. The number of nitrogen functional groups attached to an aromatic ring is 1. The van der Waals surface area contributed by atoms with Crippen LogP contribution in [0.4, 0.5) is 11.4 Å². The van der Waals surface area contributed by atoms with Gasteiger partial charge in [0, 0.05) is 12.2 Å². The van der Waals surface area contributed by atoms with Gasteiger partial charge in [0.2, 0.25) is 5.91 Å². The number of ether oxygens (including phenoxy) is 1. The fourth-order valence-electron chi connectivity index (χ4n) is 2.90.